The number of piperidine rings is 1. The topological polar surface area (TPSA) is 67.9 Å². The van der Waals surface area contributed by atoms with Crippen molar-refractivity contribution in [3.8, 4) is 0 Å². The first-order chi connectivity index (χ1) is 7.58. The highest BCUT2D eigenvalue weighted by Gasteiger charge is 2.43. The fourth-order valence-corrected chi connectivity index (χ4v) is 3.45. The van der Waals surface area contributed by atoms with Gasteiger partial charge in [0, 0.05) is 19.5 Å². The predicted molar refractivity (Wildman–Crippen MR) is 58.0 cm³/mol. The van der Waals surface area contributed by atoms with Crippen LogP contribution in [0.3, 0.4) is 0 Å². The van der Waals surface area contributed by atoms with Crippen LogP contribution >= 0.6 is 0 Å². The summed E-state index contributed by atoms with van der Waals surface area (Å²) in [5.74, 6) is -0.694. The van der Waals surface area contributed by atoms with Gasteiger partial charge in [-0.2, -0.15) is 12.7 Å². The number of nitrogens with one attached hydrogen (secondary N) is 1. The highest BCUT2D eigenvalue weighted by atomic mass is 32.2. The number of ether oxygens (including phenoxy) is 2. The van der Waals surface area contributed by atoms with Crippen LogP contribution in [0.2, 0.25) is 0 Å². The van der Waals surface area contributed by atoms with Gasteiger partial charge in [0.2, 0.25) is 0 Å². The van der Waals surface area contributed by atoms with Crippen molar-refractivity contribution in [1.82, 2.24) is 9.03 Å². The summed E-state index contributed by atoms with van der Waals surface area (Å²) in [6.07, 6.45) is 1.54. The largest absolute Gasteiger partial charge is 0.346 e. The molecule has 0 bridgehead atoms. The fourth-order valence-electron chi connectivity index (χ4n) is 2.16. The average Bonchev–Trinajstić information content (AvgIpc) is 2.66. The van der Waals surface area contributed by atoms with E-state index in [2.05, 4.69) is 4.72 Å². The maximum Gasteiger partial charge on any atom is 0.279 e. The molecule has 0 saturated carbocycles. The summed E-state index contributed by atoms with van der Waals surface area (Å²) in [5.41, 5.74) is 0. The van der Waals surface area contributed by atoms with Crippen LogP contribution in [0.25, 0.3) is 0 Å². The molecule has 7 heteroatoms. The summed E-state index contributed by atoms with van der Waals surface area (Å²) >= 11 is 0. The standard InChI is InChI=1S/C9H18N2O4S/c1-2-10-16(12,13)11-5-3-4-9(8-11)14-6-7-15-9/h10H,2-8H2,1H3. The van der Waals surface area contributed by atoms with Gasteiger partial charge in [-0.15, -0.1) is 0 Å². The van der Waals surface area contributed by atoms with E-state index in [4.69, 9.17) is 9.47 Å². The van der Waals surface area contributed by atoms with E-state index < -0.39 is 16.0 Å². The maximum atomic E-state index is 11.8. The lowest BCUT2D eigenvalue weighted by atomic mass is 10.1. The van der Waals surface area contributed by atoms with Gasteiger partial charge in [0.05, 0.1) is 19.8 Å². The Hall–Kier alpha value is -0.210. The lowest BCUT2D eigenvalue weighted by Gasteiger charge is -2.37. The van der Waals surface area contributed by atoms with Crippen molar-refractivity contribution in [2.24, 2.45) is 0 Å². The Morgan fingerprint density at radius 3 is 2.69 bits per heavy atom. The number of hydrogen-bond acceptors (Lipinski definition) is 4. The van der Waals surface area contributed by atoms with Crippen LogP contribution in [-0.4, -0.2) is 51.4 Å². The Balaban J connectivity index is 2.07. The van der Waals surface area contributed by atoms with Gasteiger partial charge in [-0.25, -0.2) is 4.72 Å². The summed E-state index contributed by atoms with van der Waals surface area (Å²) in [7, 11) is -3.37. The molecule has 0 atom stereocenters. The highest BCUT2D eigenvalue weighted by Crippen LogP contribution is 2.30. The van der Waals surface area contributed by atoms with E-state index in [1.807, 2.05) is 0 Å². The van der Waals surface area contributed by atoms with E-state index in [9.17, 15) is 8.42 Å². The normalized spacial score (nSPS) is 26.3. The first kappa shape index (κ1) is 12.3. The summed E-state index contributed by atoms with van der Waals surface area (Å²) in [6, 6.07) is 0. The van der Waals surface area contributed by atoms with E-state index in [1.54, 1.807) is 6.92 Å². The Morgan fingerprint density at radius 1 is 1.38 bits per heavy atom. The molecule has 0 radical (unpaired) electrons. The quantitative estimate of drug-likeness (QED) is 0.745. The van der Waals surface area contributed by atoms with Crippen LogP contribution in [-0.2, 0) is 19.7 Å². The molecule has 2 saturated heterocycles. The second-order valence-corrected chi connectivity index (χ2v) is 5.80. The first-order valence-corrected chi connectivity index (χ1v) is 7.05. The minimum Gasteiger partial charge on any atom is -0.346 e. The van der Waals surface area contributed by atoms with Crippen molar-refractivity contribution >= 4 is 10.2 Å². The van der Waals surface area contributed by atoms with E-state index in [1.165, 1.54) is 4.31 Å². The third kappa shape index (κ3) is 2.38. The Kier molecular flexibility index (Phi) is 3.50. The van der Waals surface area contributed by atoms with E-state index in [0.29, 0.717) is 32.8 Å². The second kappa shape index (κ2) is 4.58. The molecule has 94 valence electrons. The molecule has 0 unspecified atom stereocenters. The number of hydrogen-bond donors (Lipinski definition) is 1. The molecule has 16 heavy (non-hydrogen) atoms. The molecule has 1 spiro atoms. The van der Waals surface area contributed by atoms with Crippen LogP contribution in [0, 0.1) is 0 Å². The zero-order valence-electron chi connectivity index (χ0n) is 9.44. The van der Waals surface area contributed by atoms with Crippen LogP contribution in [0.4, 0.5) is 0 Å². The summed E-state index contributed by atoms with van der Waals surface area (Å²) in [4.78, 5) is 0. The fraction of sp³-hybridized carbons (Fsp3) is 1.00. The third-order valence-electron chi connectivity index (χ3n) is 2.86. The molecule has 0 aromatic carbocycles. The molecular formula is C9H18N2O4S. The molecule has 1 N–H and O–H groups in total. The molecule has 2 aliphatic heterocycles. The Morgan fingerprint density at radius 2 is 2.06 bits per heavy atom. The molecule has 6 nitrogen and oxygen atoms in total. The van der Waals surface area contributed by atoms with Crippen molar-refractivity contribution < 1.29 is 17.9 Å². The monoisotopic (exact) mass is 250 g/mol. The number of nitrogens with zero attached hydrogens (tertiary/aromatic N) is 1. The van der Waals surface area contributed by atoms with Crippen LogP contribution in [0.15, 0.2) is 0 Å². The zero-order valence-corrected chi connectivity index (χ0v) is 10.3. The molecule has 2 rings (SSSR count). The van der Waals surface area contributed by atoms with Crippen molar-refractivity contribution in [3.63, 3.8) is 0 Å². The number of rotatable bonds is 3. The zero-order chi connectivity index (χ0) is 11.6. The van der Waals surface area contributed by atoms with Gasteiger partial charge in [0.15, 0.2) is 5.79 Å². The molecular weight excluding hydrogens is 232 g/mol. The van der Waals surface area contributed by atoms with Crippen molar-refractivity contribution in [3.05, 3.63) is 0 Å². The molecule has 0 amide bonds. The minimum atomic E-state index is -3.37. The second-order valence-electron chi connectivity index (χ2n) is 4.05. The van der Waals surface area contributed by atoms with Crippen LogP contribution in [0.1, 0.15) is 19.8 Å². The lowest BCUT2D eigenvalue weighted by molar-refractivity contribution is -0.179. The lowest BCUT2D eigenvalue weighted by Crippen LogP contribution is -2.53. The van der Waals surface area contributed by atoms with Gasteiger partial charge in [-0.3, -0.25) is 0 Å². The van der Waals surface area contributed by atoms with Gasteiger partial charge < -0.3 is 9.47 Å². The molecule has 0 aliphatic carbocycles. The van der Waals surface area contributed by atoms with Crippen molar-refractivity contribution in [1.29, 1.82) is 0 Å². The van der Waals surface area contributed by atoms with Gasteiger partial charge in [-0.1, -0.05) is 6.92 Å². The van der Waals surface area contributed by atoms with Gasteiger partial charge in [0.1, 0.15) is 0 Å². The van der Waals surface area contributed by atoms with Crippen molar-refractivity contribution in [2.75, 3.05) is 32.8 Å². The predicted octanol–water partition coefficient (Wildman–Crippen LogP) is -0.320. The van der Waals surface area contributed by atoms with E-state index >= 15 is 0 Å². The van der Waals surface area contributed by atoms with Crippen molar-refractivity contribution in [2.45, 2.75) is 25.6 Å². The molecule has 0 aromatic heterocycles. The summed E-state index contributed by atoms with van der Waals surface area (Å²) in [6.45, 7) is 4.09. The molecule has 0 aromatic rings. The summed E-state index contributed by atoms with van der Waals surface area (Å²) < 4.78 is 38.6. The smallest absolute Gasteiger partial charge is 0.279 e. The maximum absolute atomic E-state index is 11.8. The SMILES string of the molecule is CCNS(=O)(=O)N1CCCC2(C1)OCCO2. The van der Waals surface area contributed by atoms with E-state index in [-0.39, 0.29) is 0 Å². The average molecular weight is 250 g/mol. The summed E-state index contributed by atoms with van der Waals surface area (Å²) in [5, 5.41) is 0. The van der Waals surface area contributed by atoms with Gasteiger partial charge in [0.25, 0.3) is 10.2 Å². The highest BCUT2D eigenvalue weighted by molar-refractivity contribution is 7.87. The van der Waals surface area contributed by atoms with Gasteiger partial charge in [-0.05, 0) is 6.42 Å². The molecule has 2 aliphatic rings. The van der Waals surface area contributed by atoms with Gasteiger partial charge >= 0.3 is 0 Å². The minimum absolute atomic E-state index is 0.294. The Bertz CT molecular complexity index is 337. The Labute approximate surface area is 96.1 Å². The van der Waals surface area contributed by atoms with E-state index in [0.717, 1.165) is 12.8 Å². The molecule has 2 heterocycles. The third-order valence-corrected chi connectivity index (χ3v) is 4.51. The first-order valence-electron chi connectivity index (χ1n) is 5.61. The van der Waals surface area contributed by atoms with Crippen LogP contribution < -0.4 is 4.72 Å². The molecule has 2 fully saturated rings. The van der Waals surface area contributed by atoms with Crippen LogP contribution in [0.5, 0.6) is 0 Å².